The predicted molar refractivity (Wildman–Crippen MR) is 143 cm³/mol. The molecule has 5 heterocycles. The third-order valence-electron chi connectivity index (χ3n) is 7.22. The minimum absolute atomic E-state index is 0.0121. The summed E-state index contributed by atoms with van der Waals surface area (Å²) in [7, 11) is 1.72. The maximum atomic E-state index is 13.7. The number of nitrogens with one attached hydrogen (secondary N) is 1. The van der Waals surface area contributed by atoms with E-state index in [-0.39, 0.29) is 29.0 Å². The van der Waals surface area contributed by atoms with Crippen molar-refractivity contribution >= 4 is 23.1 Å². The van der Waals surface area contributed by atoms with E-state index in [9.17, 15) is 19.1 Å². The zero-order chi connectivity index (χ0) is 27.3. The zero-order valence-electron chi connectivity index (χ0n) is 21.6. The van der Waals surface area contributed by atoms with Crippen molar-refractivity contribution < 1.29 is 19.0 Å². The van der Waals surface area contributed by atoms with Crippen molar-refractivity contribution in [2.45, 2.75) is 13.3 Å². The number of fused-ring (bicyclic) bond motifs is 1. The number of morpholine rings is 1. The second-order valence-electron chi connectivity index (χ2n) is 9.86. The Morgan fingerprint density at radius 2 is 1.92 bits per heavy atom. The van der Waals surface area contributed by atoms with Crippen molar-refractivity contribution in [2.75, 3.05) is 56.2 Å². The molecule has 0 radical (unpaired) electrons. The van der Waals surface area contributed by atoms with Crippen LogP contribution in [0, 0.1) is 12.7 Å². The summed E-state index contributed by atoms with van der Waals surface area (Å²) in [5.74, 6) is -0.611. The van der Waals surface area contributed by atoms with Crippen LogP contribution >= 0.6 is 0 Å². The monoisotopic (exact) mass is 533 g/mol. The number of rotatable bonds is 5. The quantitative estimate of drug-likeness (QED) is 0.405. The van der Waals surface area contributed by atoms with E-state index in [1.54, 1.807) is 48.3 Å². The van der Waals surface area contributed by atoms with Crippen molar-refractivity contribution in [3.05, 3.63) is 69.7 Å². The average molecular weight is 534 g/mol. The van der Waals surface area contributed by atoms with Gasteiger partial charge in [0, 0.05) is 57.7 Å². The Morgan fingerprint density at radius 3 is 2.64 bits per heavy atom. The fourth-order valence-electron chi connectivity index (χ4n) is 5.03. The molecule has 0 saturated carbocycles. The second kappa shape index (κ2) is 9.70. The number of nitrogens with zero attached hydrogens (tertiary/aromatic N) is 6. The number of carbonyl (C=O) groups is 1. The van der Waals surface area contributed by atoms with Gasteiger partial charge in [-0.2, -0.15) is 0 Å². The van der Waals surface area contributed by atoms with E-state index in [0.717, 1.165) is 11.3 Å². The number of imidazole rings is 1. The van der Waals surface area contributed by atoms with E-state index in [1.807, 2.05) is 6.07 Å². The number of aromatic nitrogens is 4. The fourth-order valence-corrected chi connectivity index (χ4v) is 5.03. The number of H-pyrrole nitrogens is 1. The lowest BCUT2D eigenvalue weighted by molar-refractivity contribution is 0.122. The third kappa shape index (κ3) is 4.46. The lowest BCUT2D eigenvalue weighted by Crippen LogP contribution is -2.37. The number of urea groups is 1. The maximum Gasteiger partial charge on any atom is 0.324 e. The van der Waals surface area contributed by atoms with Gasteiger partial charge in [0.15, 0.2) is 17.2 Å². The summed E-state index contributed by atoms with van der Waals surface area (Å²) < 4.78 is 20.4. The molecule has 0 aliphatic carbocycles. The van der Waals surface area contributed by atoms with E-state index in [4.69, 9.17) is 4.74 Å². The van der Waals surface area contributed by atoms with Gasteiger partial charge in [0.1, 0.15) is 5.82 Å². The standard InChI is InChI=1S/C27H28FN7O4/c1-16-11-17(3-4-20(16)28)12-18-14-29-24(30-18)22-23(36)26(37)35-15-19(33-7-9-39-10-8-33)13-21(25(35)31-22)34-6-5-32(2)27(34)38/h3-4,11,13-15,36H,5-10,12H2,1-2H3,(H,29,30). The Labute approximate surface area is 223 Å². The molecule has 6 rings (SSSR count). The van der Waals surface area contributed by atoms with E-state index in [2.05, 4.69) is 19.9 Å². The molecule has 2 fully saturated rings. The van der Waals surface area contributed by atoms with E-state index in [0.29, 0.717) is 62.8 Å². The van der Waals surface area contributed by atoms with Gasteiger partial charge >= 0.3 is 11.6 Å². The lowest BCUT2D eigenvalue weighted by Gasteiger charge is -2.30. The first-order valence-electron chi connectivity index (χ1n) is 12.7. The number of anilines is 2. The highest BCUT2D eigenvalue weighted by Gasteiger charge is 2.31. The molecule has 2 amide bonds. The highest BCUT2D eigenvalue weighted by atomic mass is 19.1. The number of halogens is 1. The van der Waals surface area contributed by atoms with Gasteiger partial charge in [0.2, 0.25) is 5.75 Å². The minimum atomic E-state index is -0.668. The molecule has 2 aliphatic heterocycles. The minimum Gasteiger partial charge on any atom is -0.501 e. The van der Waals surface area contributed by atoms with Crippen LogP contribution in [-0.4, -0.2) is 81.8 Å². The molecule has 12 heteroatoms. The van der Waals surface area contributed by atoms with E-state index < -0.39 is 11.3 Å². The van der Waals surface area contributed by atoms with Crippen LogP contribution in [0.15, 0.2) is 41.5 Å². The molecule has 2 saturated heterocycles. The first-order valence-corrected chi connectivity index (χ1v) is 12.7. The molecule has 11 nitrogen and oxygen atoms in total. The van der Waals surface area contributed by atoms with Gasteiger partial charge in [-0.15, -0.1) is 0 Å². The number of hydrogen-bond acceptors (Lipinski definition) is 7. The second-order valence-corrected chi connectivity index (χ2v) is 9.86. The Hall–Kier alpha value is -4.45. The number of aromatic amines is 1. The van der Waals surface area contributed by atoms with Gasteiger partial charge in [-0.1, -0.05) is 12.1 Å². The van der Waals surface area contributed by atoms with Crippen LogP contribution in [0.25, 0.3) is 17.2 Å². The molecule has 202 valence electrons. The van der Waals surface area contributed by atoms with Crippen LogP contribution in [0.2, 0.25) is 0 Å². The van der Waals surface area contributed by atoms with E-state index >= 15 is 0 Å². The van der Waals surface area contributed by atoms with Crippen molar-refractivity contribution in [2.24, 2.45) is 0 Å². The SMILES string of the molecule is Cc1cc(Cc2cnc(-c3nc4c(N5CCN(C)C5=O)cc(N5CCOCC5)cn4c(=O)c3O)[nH]2)ccc1F. The summed E-state index contributed by atoms with van der Waals surface area (Å²) in [5.41, 5.74) is 2.89. The molecular weight excluding hydrogens is 505 g/mol. The molecule has 0 bridgehead atoms. The van der Waals surface area contributed by atoms with Crippen LogP contribution in [0.1, 0.15) is 16.8 Å². The Morgan fingerprint density at radius 1 is 1.13 bits per heavy atom. The number of likely N-dealkylation sites (N-methyl/N-ethyl adjacent to an activating group) is 1. The Kier molecular flexibility index (Phi) is 6.18. The van der Waals surface area contributed by atoms with Crippen molar-refractivity contribution in [3.63, 3.8) is 0 Å². The van der Waals surface area contributed by atoms with Crippen LogP contribution in [0.3, 0.4) is 0 Å². The van der Waals surface area contributed by atoms with Gasteiger partial charge in [-0.3, -0.25) is 14.1 Å². The zero-order valence-corrected chi connectivity index (χ0v) is 21.6. The first kappa shape index (κ1) is 24.9. The van der Waals surface area contributed by atoms with Gasteiger partial charge < -0.3 is 24.6 Å². The van der Waals surface area contributed by atoms with Crippen molar-refractivity contribution in [3.8, 4) is 17.3 Å². The molecule has 0 unspecified atom stereocenters. The molecule has 0 spiro atoms. The van der Waals surface area contributed by atoms with Crippen molar-refractivity contribution in [1.29, 1.82) is 0 Å². The van der Waals surface area contributed by atoms with Crippen LogP contribution in [0.4, 0.5) is 20.6 Å². The number of aryl methyl sites for hydroxylation is 1. The Bertz CT molecular complexity index is 1640. The van der Waals surface area contributed by atoms with E-state index in [1.165, 1.54) is 10.5 Å². The molecule has 1 aromatic carbocycles. The van der Waals surface area contributed by atoms with Crippen LogP contribution in [-0.2, 0) is 11.2 Å². The summed E-state index contributed by atoms with van der Waals surface area (Å²) >= 11 is 0. The molecular formula is C27H28FN7O4. The van der Waals surface area contributed by atoms with Crippen LogP contribution < -0.4 is 15.4 Å². The summed E-state index contributed by atoms with van der Waals surface area (Å²) in [6.07, 6.45) is 3.68. The molecule has 3 aromatic heterocycles. The van der Waals surface area contributed by atoms with Crippen molar-refractivity contribution in [1.82, 2.24) is 24.3 Å². The molecule has 39 heavy (non-hydrogen) atoms. The smallest absolute Gasteiger partial charge is 0.324 e. The number of pyridine rings is 1. The third-order valence-corrected chi connectivity index (χ3v) is 7.22. The van der Waals surface area contributed by atoms with Crippen LogP contribution in [0.5, 0.6) is 5.75 Å². The summed E-state index contributed by atoms with van der Waals surface area (Å²) in [5, 5.41) is 10.9. The fraction of sp³-hybridized carbons (Fsp3) is 0.333. The summed E-state index contributed by atoms with van der Waals surface area (Å²) in [4.78, 5) is 43.9. The highest BCUT2D eigenvalue weighted by molar-refractivity contribution is 5.98. The largest absolute Gasteiger partial charge is 0.501 e. The number of carbonyl (C=O) groups excluding carboxylic acids is 1. The summed E-state index contributed by atoms with van der Waals surface area (Å²) in [6, 6.07) is 6.54. The predicted octanol–water partition coefficient (Wildman–Crippen LogP) is 2.54. The molecule has 2 N–H and O–H groups in total. The average Bonchev–Trinajstić information content (AvgIpc) is 3.54. The first-order chi connectivity index (χ1) is 18.8. The van der Waals surface area contributed by atoms with Gasteiger partial charge in [0.25, 0.3) is 0 Å². The van der Waals surface area contributed by atoms with Gasteiger partial charge in [0.05, 0.1) is 24.6 Å². The number of aromatic hydroxyl groups is 1. The molecule has 4 aromatic rings. The topological polar surface area (TPSA) is 119 Å². The normalized spacial score (nSPS) is 16.1. The lowest BCUT2D eigenvalue weighted by atomic mass is 10.1. The molecule has 0 atom stereocenters. The van der Waals surface area contributed by atoms with Gasteiger partial charge in [-0.25, -0.2) is 19.2 Å². The Balaban J connectivity index is 1.45. The highest BCUT2D eigenvalue weighted by Crippen LogP contribution is 2.32. The summed E-state index contributed by atoms with van der Waals surface area (Å²) in [6.45, 7) is 5.04. The van der Waals surface area contributed by atoms with Gasteiger partial charge in [-0.05, 0) is 30.2 Å². The number of benzene rings is 1. The number of ether oxygens (including phenoxy) is 1. The maximum absolute atomic E-state index is 13.7. The molecule has 2 aliphatic rings. The number of amides is 2. The number of hydrogen-bond donors (Lipinski definition) is 2.